The lowest BCUT2D eigenvalue weighted by Crippen LogP contribution is -1.94. The van der Waals surface area contributed by atoms with Gasteiger partial charge in [0.2, 0.25) is 0 Å². The van der Waals surface area contributed by atoms with Crippen molar-refractivity contribution >= 4 is 23.2 Å². The van der Waals surface area contributed by atoms with Crippen molar-refractivity contribution in [3.63, 3.8) is 0 Å². The van der Waals surface area contributed by atoms with E-state index >= 15 is 0 Å². The second kappa shape index (κ2) is 4.25. The molecule has 0 saturated carbocycles. The Bertz CT molecular complexity index is 454. The first-order valence-electron chi connectivity index (χ1n) is 4.41. The molecule has 2 aromatic rings. The Balaban J connectivity index is 2.34. The van der Waals surface area contributed by atoms with Crippen molar-refractivity contribution in [2.24, 2.45) is 0 Å². The zero-order valence-corrected chi connectivity index (χ0v) is 9.19. The average Bonchev–Trinajstić information content (AvgIpc) is 2.74. The molecule has 0 aliphatic heterocycles. The Morgan fingerprint density at radius 1 is 1.27 bits per heavy atom. The Morgan fingerprint density at radius 3 is 2.67 bits per heavy atom. The summed E-state index contributed by atoms with van der Waals surface area (Å²) < 4.78 is 13.2. The molecule has 1 aromatic carbocycles. The van der Waals surface area contributed by atoms with Gasteiger partial charge in [-0.3, -0.25) is 0 Å². The van der Waals surface area contributed by atoms with E-state index in [4.69, 9.17) is 23.2 Å². The molecule has 0 spiro atoms. The SMILES string of the molecule is Fc1cc(C(Cl)c2ccc[nH]2)ccc1Cl. The van der Waals surface area contributed by atoms with Crippen LogP contribution in [0, 0.1) is 5.82 Å². The zero-order valence-electron chi connectivity index (χ0n) is 7.68. The molecular weight excluding hydrogens is 236 g/mol. The Kier molecular flexibility index (Phi) is 2.98. The van der Waals surface area contributed by atoms with Crippen LogP contribution in [-0.2, 0) is 0 Å². The topological polar surface area (TPSA) is 15.8 Å². The van der Waals surface area contributed by atoms with E-state index in [1.807, 2.05) is 12.1 Å². The molecular formula is C11H8Cl2FN. The molecule has 1 N–H and O–H groups in total. The number of rotatable bonds is 2. The molecule has 0 saturated heterocycles. The summed E-state index contributed by atoms with van der Waals surface area (Å²) in [6, 6.07) is 8.26. The molecule has 1 nitrogen and oxygen atoms in total. The third-order valence-electron chi connectivity index (χ3n) is 2.13. The lowest BCUT2D eigenvalue weighted by molar-refractivity contribution is 0.626. The van der Waals surface area contributed by atoms with Crippen molar-refractivity contribution in [2.45, 2.75) is 5.38 Å². The van der Waals surface area contributed by atoms with Gasteiger partial charge in [-0.15, -0.1) is 11.6 Å². The molecule has 0 bridgehead atoms. The van der Waals surface area contributed by atoms with Crippen molar-refractivity contribution < 1.29 is 4.39 Å². The van der Waals surface area contributed by atoms with Gasteiger partial charge in [-0.25, -0.2) is 4.39 Å². The van der Waals surface area contributed by atoms with Crippen LogP contribution in [0.2, 0.25) is 5.02 Å². The third kappa shape index (κ3) is 2.16. The number of aromatic nitrogens is 1. The van der Waals surface area contributed by atoms with Crippen molar-refractivity contribution in [2.75, 3.05) is 0 Å². The van der Waals surface area contributed by atoms with Crippen LogP contribution >= 0.6 is 23.2 Å². The van der Waals surface area contributed by atoms with E-state index in [1.165, 1.54) is 12.1 Å². The van der Waals surface area contributed by atoms with E-state index in [-0.39, 0.29) is 10.4 Å². The maximum absolute atomic E-state index is 13.2. The van der Waals surface area contributed by atoms with Crippen LogP contribution < -0.4 is 0 Å². The summed E-state index contributed by atoms with van der Waals surface area (Å²) in [5.41, 5.74) is 1.51. The molecule has 0 radical (unpaired) electrons. The monoisotopic (exact) mass is 243 g/mol. The highest BCUT2D eigenvalue weighted by atomic mass is 35.5. The maximum Gasteiger partial charge on any atom is 0.142 e. The van der Waals surface area contributed by atoms with Gasteiger partial charge in [0, 0.05) is 11.9 Å². The number of nitrogens with one attached hydrogen (secondary N) is 1. The van der Waals surface area contributed by atoms with Gasteiger partial charge in [0.1, 0.15) is 5.82 Å². The molecule has 1 atom stereocenters. The molecule has 0 fully saturated rings. The zero-order chi connectivity index (χ0) is 10.8. The minimum atomic E-state index is -0.452. The fourth-order valence-corrected chi connectivity index (χ4v) is 1.74. The molecule has 0 aliphatic carbocycles. The first-order valence-corrected chi connectivity index (χ1v) is 5.22. The fraction of sp³-hybridized carbons (Fsp3) is 0.0909. The first kappa shape index (κ1) is 10.5. The van der Waals surface area contributed by atoms with Crippen LogP contribution in [0.4, 0.5) is 4.39 Å². The van der Waals surface area contributed by atoms with Crippen LogP contribution in [0.1, 0.15) is 16.6 Å². The normalized spacial score (nSPS) is 12.7. The summed E-state index contributed by atoms with van der Waals surface area (Å²) in [7, 11) is 0. The molecule has 2 rings (SSSR count). The van der Waals surface area contributed by atoms with Gasteiger partial charge in [0.25, 0.3) is 0 Å². The minimum absolute atomic E-state index is 0.106. The standard InChI is InChI=1S/C11H8Cl2FN/c12-8-4-3-7(6-9(8)14)11(13)10-2-1-5-15-10/h1-6,11,15H. The number of alkyl halides is 1. The molecule has 15 heavy (non-hydrogen) atoms. The van der Waals surface area contributed by atoms with Crippen LogP contribution in [-0.4, -0.2) is 4.98 Å². The van der Waals surface area contributed by atoms with Gasteiger partial charge >= 0.3 is 0 Å². The van der Waals surface area contributed by atoms with Gasteiger partial charge in [-0.2, -0.15) is 0 Å². The summed E-state index contributed by atoms with van der Waals surface area (Å²) in [6.45, 7) is 0. The van der Waals surface area contributed by atoms with Crippen molar-refractivity contribution in [1.82, 2.24) is 4.98 Å². The third-order valence-corrected chi connectivity index (χ3v) is 2.92. The van der Waals surface area contributed by atoms with Crippen LogP contribution in [0.15, 0.2) is 36.5 Å². The average molecular weight is 244 g/mol. The molecule has 1 aromatic heterocycles. The van der Waals surface area contributed by atoms with Gasteiger partial charge in [0.15, 0.2) is 0 Å². The van der Waals surface area contributed by atoms with Crippen LogP contribution in [0.25, 0.3) is 0 Å². The summed E-state index contributed by atoms with van der Waals surface area (Å²) in [4.78, 5) is 2.98. The summed E-state index contributed by atoms with van der Waals surface area (Å²) in [5.74, 6) is -0.452. The lowest BCUT2D eigenvalue weighted by atomic mass is 10.1. The molecule has 1 unspecified atom stereocenters. The number of aromatic amines is 1. The molecule has 4 heteroatoms. The minimum Gasteiger partial charge on any atom is -0.363 e. The molecule has 0 amide bonds. The number of hydrogen-bond donors (Lipinski definition) is 1. The van der Waals surface area contributed by atoms with Gasteiger partial charge < -0.3 is 4.98 Å². The van der Waals surface area contributed by atoms with Crippen molar-refractivity contribution in [3.8, 4) is 0 Å². The quantitative estimate of drug-likeness (QED) is 0.764. The van der Waals surface area contributed by atoms with Gasteiger partial charge in [-0.1, -0.05) is 17.7 Å². The van der Waals surface area contributed by atoms with E-state index in [2.05, 4.69) is 4.98 Å². The van der Waals surface area contributed by atoms with Crippen LogP contribution in [0.5, 0.6) is 0 Å². The highest BCUT2D eigenvalue weighted by Crippen LogP contribution is 2.29. The maximum atomic E-state index is 13.2. The molecule has 78 valence electrons. The number of H-pyrrole nitrogens is 1. The van der Waals surface area contributed by atoms with Crippen molar-refractivity contribution in [3.05, 3.63) is 58.6 Å². The van der Waals surface area contributed by atoms with Crippen LogP contribution in [0.3, 0.4) is 0 Å². The van der Waals surface area contributed by atoms with E-state index in [9.17, 15) is 4.39 Å². The second-order valence-corrected chi connectivity index (χ2v) is 4.01. The predicted octanol–water partition coefficient (Wildman–Crippen LogP) is 4.14. The highest BCUT2D eigenvalue weighted by molar-refractivity contribution is 6.30. The predicted molar refractivity (Wildman–Crippen MR) is 59.9 cm³/mol. The van der Waals surface area contributed by atoms with Gasteiger partial charge in [-0.05, 0) is 29.8 Å². The smallest absolute Gasteiger partial charge is 0.142 e. The molecule has 0 aliphatic rings. The van der Waals surface area contributed by atoms with E-state index < -0.39 is 5.82 Å². The first-order chi connectivity index (χ1) is 7.18. The highest BCUT2D eigenvalue weighted by Gasteiger charge is 2.12. The number of benzene rings is 1. The Hall–Kier alpha value is -0.990. The second-order valence-electron chi connectivity index (χ2n) is 3.16. The Morgan fingerprint density at radius 2 is 2.07 bits per heavy atom. The fourth-order valence-electron chi connectivity index (χ4n) is 1.35. The summed E-state index contributed by atoms with van der Waals surface area (Å²) in [5, 5.41) is -0.277. The Labute approximate surface area is 96.8 Å². The number of halogens is 3. The largest absolute Gasteiger partial charge is 0.363 e. The number of hydrogen-bond acceptors (Lipinski definition) is 0. The van der Waals surface area contributed by atoms with Gasteiger partial charge in [0.05, 0.1) is 10.4 Å². The summed E-state index contributed by atoms with van der Waals surface area (Å²) >= 11 is 11.7. The van der Waals surface area contributed by atoms with E-state index in [0.29, 0.717) is 5.56 Å². The molecule has 1 heterocycles. The van der Waals surface area contributed by atoms with E-state index in [1.54, 1.807) is 12.3 Å². The summed E-state index contributed by atoms with van der Waals surface area (Å²) in [6.07, 6.45) is 1.77. The lowest BCUT2D eigenvalue weighted by Gasteiger charge is -2.08. The van der Waals surface area contributed by atoms with E-state index in [0.717, 1.165) is 5.69 Å². The van der Waals surface area contributed by atoms with Crippen molar-refractivity contribution in [1.29, 1.82) is 0 Å².